The normalized spacial score (nSPS) is 12.2. The first-order chi connectivity index (χ1) is 9.12. The van der Waals surface area contributed by atoms with Crippen LogP contribution >= 0.6 is 11.3 Å². The van der Waals surface area contributed by atoms with Crippen LogP contribution in [0, 0.1) is 5.41 Å². The number of ether oxygens (including phenoxy) is 1. The summed E-state index contributed by atoms with van der Waals surface area (Å²) in [6.45, 7) is 7.35. The summed E-state index contributed by atoms with van der Waals surface area (Å²) in [6, 6.07) is 8.61. The second-order valence-electron chi connectivity index (χ2n) is 5.77. The Bertz CT molecular complexity index is 518. The molecule has 1 N–H and O–H groups in total. The summed E-state index contributed by atoms with van der Waals surface area (Å²) in [7, 11) is 1.76. The summed E-state index contributed by atoms with van der Waals surface area (Å²) in [5.74, 6) is 0. The van der Waals surface area contributed by atoms with Crippen molar-refractivity contribution in [1.82, 2.24) is 5.32 Å². The Balaban J connectivity index is 1.89. The lowest BCUT2D eigenvalue weighted by Crippen LogP contribution is -2.30. The minimum absolute atomic E-state index is 0.280. The van der Waals surface area contributed by atoms with Gasteiger partial charge >= 0.3 is 0 Å². The highest BCUT2D eigenvalue weighted by molar-refractivity contribution is 7.17. The molecule has 0 fully saturated rings. The molecular weight excluding hydrogens is 254 g/mol. The summed E-state index contributed by atoms with van der Waals surface area (Å²) in [5.41, 5.74) is 1.69. The van der Waals surface area contributed by atoms with E-state index in [2.05, 4.69) is 48.8 Å². The molecule has 3 heteroatoms. The SMILES string of the molecule is COCCC(C)(C)CNCc1csc2ccccc12. The minimum Gasteiger partial charge on any atom is -0.385 e. The lowest BCUT2D eigenvalue weighted by atomic mass is 9.89. The first-order valence-electron chi connectivity index (χ1n) is 6.77. The van der Waals surface area contributed by atoms with Gasteiger partial charge in [-0.2, -0.15) is 0 Å². The van der Waals surface area contributed by atoms with Gasteiger partial charge in [-0.05, 0) is 34.2 Å². The molecule has 0 atom stereocenters. The van der Waals surface area contributed by atoms with Gasteiger partial charge in [-0.15, -0.1) is 11.3 Å². The van der Waals surface area contributed by atoms with E-state index in [9.17, 15) is 0 Å². The van der Waals surface area contributed by atoms with Crippen molar-refractivity contribution in [3.63, 3.8) is 0 Å². The van der Waals surface area contributed by atoms with Gasteiger partial charge in [0.25, 0.3) is 0 Å². The molecule has 0 saturated heterocycles. The molecular formula is C16H23NOS. The zero-order valence-electron chi connectivity index (χ0n) is 12.0. The molecule has 1 aromatic carbocycles. The summed E-state index contributed by atoms with van der Waals surface area (Å²) in [4.78, 5) is 0. The van der Waals surface area contributed by atoms with Gasteiger partial charge in [0.15, 0.2) is 0 Å². The number of rotatable bonds is 7. The number of fused-ring (bicyclic) bond motifs is 1. The molecule has 0 bridgehead atoms. The van der Waals surface area contributed by atoms with Gasteiger partial charge in [0, 0.05) is 31.5 Å². The largest absolute Gasteiger partial charge is 0.385 e. The number of thiophene rings is 1. The summed E-state index contributed by atoms with van der Waals surface area (Å²) in [6.07, 6.45) is 1.08. The Hall–Kier alpha value is -0.900. The smallest absolute Gasteiger partial charge is 0.0467 e. The monoisotopic (exact) mass is 277 g/mol. The van der Waals surface area contributed by atoms with Crippen LogP contribution in [0.25, 0.3) is 10.1 Å². The van der Waals surface area contributed by atoms with Crippen molar-refractivity contribution >= 4 is 21.4 Å². The molecule has 0 aliphatic heterocycles. The van der Waals surface area contributed by atoms with Crippen molar-refractivity contribution in [1.29, 1.82) is 0 Å². The van der Waals surface area contributed by atoms with Gasteiger partial charge in [-0.3, -0.25) is 0 Å². The maximum atomic E-state index is 5.16. The highest BCUT2D eigenvalue weighted by atomic mass is 32.1. The van der Waals surface area contributed by atoms with Gasteiger partial charge in [0.05, 0.1) is 0 Å². The van der Waals surface area contributed by atoms with E-state index >= 15 is 0 Å². The molecule has 2 rings (SSSR count). The van der Waals surface area contributed by atoms with Crippen molar-refractivity contribution in [2.24, 2.45) is 5.41 Å². The second-order valence-corrected chi connectivity index (χ2v) is 6.68. The summed E-state index contributed by atoms with van der Waals surface area (Å²) in [5, 5.41) is 7.23. The zero-order valence-corrected chi connectivity index (χ0v) is 12.8. The fourth-order valence-corrected chi connectivity index (χ4v) is 3.13. The van der Waals surface area contributed by atoms with Crippen LogP contribution in [0.5, 0.6) is 0 Å². The first-order valence-corrected chi connectivity index (χ1v) is 7.65. The molecule has 0 saturated carbocycles. The molecule has 2 aromatic rings. The number of nitrogens with one attached hydrogen (secondary N) is 1. The Labute approximate surface area is 119 Å². The highest BCUT2D eigenvalue weighted by Gasteiger charge is 2.17. The van der Waals surface area contributed by atoms with Crippen molar-refractivity contribution in [3.8, 4) is 0 Å². The third-order valence-corrected chi connectivity index (χ3v) is 4.48. The topological polar surface area (TPSA) is 21.3 Å². The van der Waals surface area contributed by atoms with Crippen molar-refractivity contribution in [3.05, 3.63) is 35.2 Å². The van der Waals surface area contributed by atoms with Gasteiger partial charge < -0.3 is 10.1 Å². The molecule has 0 aliphatic rings. The predicted octanol–water partition coefficient (Wildman–Crippen LogP) is 4.05. The molecule has 0 aliphatic carbocycles. The minimum atomic E-state index is 0.280. The van der Waals surface area contributed by atoms with Crippen LogP contribution in [0.4, 0.5) is 0 Å². The van der Waals surface area contributed by atoms with E-state index in [1.807, 2.05) is 11.3 Å². The Morgan fingerprint density at radius 3 is 2.84 bits per heavy atom. The Kier molecular flexibility index (Phi) is 4.97. The highest BCUT2D eigenvalue weighted by Crippen LogP contribution is 2.26. The quantitative estimate of drug-likeness (QED) is 0.824. The average Bonchev–Trinajstić information content (AvgIpc) is 2.80. The Morgan fingerprint density at radius 1 is 1.26 bits per heavy atom. The molecule has 0 spiro atoms. The fourth-order valence-electron chi connectivity index (χ4n) is 2.17. The van der Waals surface area contributed by atoms with E-state index in [0.29, 0.717) is 0 Å². The number of hydrogen-bond acceptors (Lipinski definition) is 3. The van der Waals surface area contributed by atoms with Crippen molar-refractivity contribution in [2.75, 3.05) is 20.3 Å². The van der Waals surface area contributed by atoms with Crippen LogP contribution in [-0.4, -0.2) is 20.3 Å². The van der Waals surface area contributed by atoms with Gasteiger partial charge in [0.1, 0.15) is 0 Å². The molecule has 2 nitrogen and oxygen atoms in total. The van der Waals surface area contributed by atoms with E-state index in [1.165, 1.54) is 15.6 Å². The molecule has 1 aromatic heterocycles. The van der Waals surface area contributed by atoms with Crippen LogP contribution in [-0.2, 0) is 11.3 Å². The van der Waals surface area contributed by atoms with E-state index in [0.717, 1.165) is 26.1 Å². The van der Waals surface area contributed by atoms with E-state index in [1.54, 1.807) is 7.11 Å². The van der Waals surface area contributed by atoms with Gasteiger partial charge in [0.2, 0.25) is 0 Å². The summed E-state index contributed by atoms with van der Waals surface area (Å²) < 4.78 is 6.53. The number of benzene rings is 1. The van der Waals surface area contributed by atoms with Gasteiger partial charge in [-0.1, -0.05) is 32.0 Å². The maximum absolute atomic E-state index is 5.16. The standard InChI is InChI=1S/C16H23NOS/c1-16(2,8-9-18-3)12-17-10-13-11-19-15-7-5-4-6-14(13)15/h4-7,11,17H,8-10,12H2,1-3H3. The van der Waals surface area contributed by atoms with Crippen LogP contribution in [0.1, 0.15) is 25.8 Å². The van der Waals surface area contributed by atoms with Crippen LogP contribution in [0.3, 0.4) is 0 Å². The predicted molar refractivity (Wildman–Crippen MR) is 83.8 cm³/mol. The van der Waals surface area contributed by atoms with Crippen LogP contribution < -0.4 is 5.32 Å². The first kappa shape index (κ1) is 14.5. The second kappa shape index (κ2) is 6.51. The third kappa shape index (κ3) is 4.03. The number of methoxy groups -OCH3 is 1. The molecule has 19 heavy (non-hydrogen) atoms. The van der Waals surface area contributed by atoms with Crippen molar-refractivity contribution in [2.45, 2.75) is 26.8 Å². The molecule has 104 valence electrons. The third-order valence-electron chi connectivity index (χ3n) is 3.46. The molecule has 0 amide bonds. The average molecular weight is 277 g/mol. The zero-order chi connectivity index (χ0) is 13.7. The van der Waals surface area contributed by atoms with E-state index < -0.39 is 0 Å². The lowest BCUT2D eigenvalue weighted by Gasteiger charge is -2.24. The molecule has 0 radical (unpaired) electrons. The van der Waals surface area contributed by atoms with Crippen LogP contribution in [0.15, 0.2) is 29.6 Å². The summed E-state index contributed by atoms with van der Waals surface area (Å²) >= 11 is 1.83. The maximum Gasteiger partial charge on any atom is 0.0467 e. The molecule has 1 heterocycles. The van der Waals surface area contributed by atoms with E-state index in [4.69, 9.17) is 4.74 Å². The number of hydrogen-bond donors (Lipinski definition) is 1. The van der Waals surface area contributed by atoms with E-state index in [-0.39, 0.29) is 5.41 Å². The molecule has 0 unspecified atom stereocenters. The van der Waals surface area contributed by atoms with Crippen molar-refractivity contribution < 1.29 is 4.74 Å². The van der Waals surface area contributed by atoms with Crippen LogP contribution in [0.2, 0.25) is 0 Å². The van der Waals surface area contributed by atoms with Gasteiger partial charge in [-0.25, -0.2) is 0 Å². The lowest BCUT2D eigenvalue weighted by molar-refractivity contribution is 0.150. The fraction of sp³-hybridized carbons (Fsp3) is 0.500. The Morgan fingerprint density at radius 2 is 2.05 bits per heavy atom.